The van der Waals surface area contributed by atoms with E-state index in [2.05, 4.69) is 26.3 Å². The van der Waals surface area contributed by atoms with E-state index in [0.29, 0.717) is 6.54 Å². The third kappa shape index (κ3) is 5.41. The fraction of sp³-hybridized carbons (Fsp3) is 0.350. The van der Waals surface area contributed by atoms with Crippen LogP contribution in [0.25, 0.3) is 6.08 Å². The number of hydrogen-bond donors (Lipinski definition) is 1. The molecule has 3 rings (SSSR count). The maximum Gasteiger partial charge on any atom is 0.244 e. The fourth-order valence-corrected chi connectivity index (χ4v) is 2.89. The number of nitrogens with zero attached hydrogens (tertiary/aromatic N) is 3. The molecule has 1 aliphatic rings. The van der Waals surface area contributed by atoms with Gasteiger partial charge < -0.3 is 10.2 Å². The minimum Gasteiger partial charge on any atom is -0.357 e. The Balaban J connectivity index is 1.49. The highest BCUT2D eigenvalue weighted by molar-refractivity contribution is 5.91. The van der Waals surface area contributed by atoms with E-state index in [9.17, 15) is 4.79 Å². The van der Waals surface area contributed by atoms with Gasteiger partial charge in [-0.1, -0.05) is 25.0 Å². The number of nitrogens with one attached hydrogen (secondary N) is 1. The molecule has 5 nitrogen and oxygen atoms in total. The van der Waals surface area contributed by atoms with Crippen LogP contribution in [0.2, 0.25) is 0 Å². The van der Waals surface area contributed by atoms with Gasteiger partial charge in [-0.2, -0.15) is 0 Å². The fourth-order valence-electron chi connectivity index (χ4n) is 2.89. The van der Waals surface area contributed by atoms with Gasteiger partial charge in [-0.3, -0.25) is 9.78 Å². The molecule has 3 heterocycles. The van der Waals surface area contributed by atoms with E-state index in [1.165, 1.54) is 31.8 Å². The van der Waals surface area contributed by atoms with Gasteiger partial charge in [0.1, 0.15) is 5.82 Å². The zero-order chi connectivity index (χ0) is 17.3. The van der Waals surface area contributed by atoms with Crippen molar-refractivity contribution in [1.82, 2.24) is 15.3 Å². The van der Waals surface area contributed by atoms with Crippen molar-refractivity contribution in [2.24, 2.45) is 0 Å². The standard InChI is InChI=1S/C20H24N4O/c25-20(11-9-18-7-3-4-12-21-18)23-16-17-8-10-19(22-15-17)24-13-5-1-2-6-14-24/h3-4,7-12,15H,1-2,5-6,13-14,16H2,(H,23,25)/b11-9-. The quantitative estimate of drug-likeness (QED) is 0.852. The van der Waals surface area contributed by atoms with Crippen LogP contribution in [0.4, 0.5) is 5.82 Å². The Morgan fingerprint density at radius 2 is 1.92 bits per heavy atom. The smallest absolute Gasteiger partial charge is 0.244 e. The zero-order valence-electron chi connectivity index (χ0n) is 14.4. The molecule has 0 unspecified atom stereocenters. The highest BCUT2D eigenvalue weighted by Gasteiger charge is 2.10. The Labute approximate surface area is 148 Å². The maximum absolute atomic E-state index is 11.9. The summed E-state index contributed by atoms with van der Waals surface area (Å²) in [5, 5.41) is 2.87. The van der Waals surface area contributed by atoms with E-state index >= 15 is 0 Å². The van der Waals surface area contributed by atoms with Gasteiger partial charge in [0.15, 0.2) is 0 Å². The van der Waals surface area contributed by atoms with Crippen molar-refractivity contribution in [1.29, 1.82) is 0 Å². The third-order valence-corrected chi connectivity index (χ3v) is 4.30. The van der Waals surface area contributed by atoms with Gasteiger partial charge in [0.2, 0.25) is 5.91 Å². The van der Waals surface area contributed by atoms with Crippen LogP contribution in [-0.2, 0) is 11.3 Å². The number of carbonyl (C=O) groups is 1. The average molecular weight is 336 g/mol. The lowest BCUT2D eigenvalue weighted by molar-refractivity contribution is -0.116. The van der Waals surface area contributed by atoms with Gasteiger partial charge >= 0.3 is 0 Å². The molecule has 0 aromatic carbocycles. The molecule has 0 atom stereocenters. The van der Waals surface area contributed by atoms with Crippen molar-refractivity contribution in [3.8, 4) is 0 Å². The van der Waals surface area contributed by atoms with Crippen molar-refractivity contribution >= 4 is 17.8 Å². The van der Waals surface area contributed by atoms with Crippen LogP contribution in [0, 0.1) is 0 Å². The lowest BCUT2D eigenvalue weighted by atomic mass is 10.2. The first-order valence-corrected chi connectivity index (χ1v) is 8.88. The molecule has 1 saturated heterocycles. The van der Waals surface area contributed by atoms with Gasteiger partial charge in [0, 0.05) is 38.1 Å². The van der Waals surface area contributed by atoms with Crippen molar-refractivity contribution in [2.45, 2.75) is 32.2 Å². The highest BCUT2D eigenvalue weighted by Crippen LogP contribution is 2.17. The van der Waals surface area contributed by atoms with Gasteiger partial charge in [0.25, 0.3) is 0 Å². The first-order valence-electron chi connectivity index (χ1n) is 8.88. The summed E-state index contributed by atoms with van der Waals surface area (Å²) in [5.74, 6) is 0.897. The summed E-state index contributed by atoms with van der Waals surface area (Å²) in [4.78, 5) is 23.0. The van der Waals surface area contributed by atoms with Crippen LogP contribution >= 0.6 is 0 Å². The number of aromatic nitrogens is 2. The summed E-state index contributed by atoms with van der Waals surface area (Å²) >= 11 is 0. The monoisotopic (exact) mass is 336 g/mol. The molecule has 1 N–H and O–H groups in total. The van der Waals surface area contributed by atoms with E-state index in [1.54, 1.807) is 12.3 Å². The number of hydrogen-bond acceptors (Lipinski definition) is 4. The Morgan fingerprint density at radius 1 is 1.08 bits per heavy atom. The minimum absolute atomic E-state index is 0.137. The lowest BCUT2D eigenvalue weighted by Crippen LogP contribution is -2.25. The topological polar surface area (TPSA) is 58.1 Å². The molecule has 0 saturated carbocycles. The van der Waals surface area contributed by atoms with Gasteiger partial charge in [-0.25, -0.2) is 4.98 Å². The molecule has 0 radical (unpaired) electrons. The van der Waals surface area contributed by atoms with E-state index in [-0.39, 0.29) is 5.91 Å². The van der Waals surface area contributed by atoms with E-state index in [1.807, 2.05) is 30.5 Å². The normalized spacial score (nSPS) is 15.1. The molecule has 0 aliphatic carbocycles. The van der Waals surface area contributed by atoms with Crippen LogP contribution in [0.1, 0.15) is 36.9 Å². The molecule has 25 heavy (non-hydrogen) atoms. The molecule has 130 valence electrons. The summed E-state index contributed by atoms with van der Waals surface area (Å²) in [7, 11) is 0. The first kappa shape index (κ1) is 17.1. The molecule has 2 aromatic rings. The predicted molar refractivity (Wildman–Crippen MR) is 100 cm³/mol. The maximum atomic E-state index is 11.9. The minimum atomic E-state index is -0.137. The number of carbonyl (C=O) groups excluding carboxylic acids is 1. The van der Waals surface area contributed by atoms with Crippen LogP contribution in [-0.4, -0.2) is 29.0 Å². The SMILES string of the molecule is O=C(/C=C\c1ccccn1)NCc1ccc(N2CCCCCC2)nc1. The summed E-state index contributed by atoms with van der Waals surface area (Å²) in [6.07, 6.45) is 11.9. The van der Waals surface area contributed by atoms with Crippen molar-refractivity contribution in [2.75, 3.05) is 18.0 Å². The second-order valence-corrected chi connectivity index (χ2v) is 6.23. The molecular weight excluding hydrogens is 312 g/mol. The zero-order valence-corrected chi connectivity index (χ0v) is 14.4. The molecule has 0 spiro atoms. The molecule has 1 fully saturated rings. The number of rotatable bonds is 5. The van der Waals surface area contributed by atoms with Crippen LogP contribution in [0.5, 0.6) is 0 Å². The summed E-state index contributed by atoms with van der Waals surface area (Å²) in [5.41, 5.74) is 1.76. The van der Waals surface area contributed by atoms with Crippen molar-refractivity contribution in [3.63, 3.8) is 0 Å². The van der Waals surface area contributed by atoms with Crippen molar-refractivity contribution in [3.05, 3.63) is 60.1 Å². The van der Waals surface area contributed by atoms with Gasteiger partial charge in [-0.05, 0) is 42.7 Å². The Bertz CT molecular complexity index is 689. The molecular formula is C20H24N4O. The third-order valence-electron chi connectivity index (χ3n) is 4.30. The number of anilines is 1. The van der Waals surface area contributed by atoms with Crippen molar-refractivity contribution < 1.29 is 4.79 Å². The Morgan fingerprint density at radius 3 is 2.60 bits per heavy atom. The van der Waals surface area contributed by atoms with Crippen LogP contribution < -0.4 is 10.2 Å². The number of amides is 1. The molecule has 2 aromatic heterocycles. The summed E-state index contributed by atoms with van der Waals surface area (Å²) in [6, 6.07) is 9.68. The molecule has 1 aliphatic heterocycles. The van der Waals surface area contributed by atoms with E-state index in [0.717, 1.165) is 30.2 Å². The Hall–Kier alpha value is -2.69. The van der Waals surface area contributed by atoms with E-state index in [4.69, 9.17) is 0 Å². The van der Waals surface area contributed by atoms with Crippen LogP contribution in [0.15, 0.2) is 48.8 Å². The summed E-state index contributed by atoms with van der Waals surface area (Å²) < 4.78 is 0. The van der Waals surface area contributed by atoms with Gasteiger partial charge in [0.05, 0.1) is 5.69 Å². The highest BCUT2D eigenvalue weighted by atomic mass is 16.1. The Kier molecular flexibility index (Phi) is 6.15. The van der Waals surface area contributed by atoms with E-state index < -0.39 is 0 Å². The number of pyridine rings is 2. The largest absolute Gasteiger partial charge is 0.357 e. The average Bonchev–Trinajstić information content (AvgIpc) is 2.95. The second-order valence-electron chi connectivity index (χ2n) is 6.23. The first-order chi connectivity index (χ1) is 12.3. The molecule has 0 bridgehead atoms. The second kappa shape index (κ2) is 8.97. The predicted octanol–water partition coefficient (Wildman–Crippen LogP) is 3.19. The lowest BCUT2D eigenvalue weighted by Gasteiger charge is -2.21. The van der Waals surface area contributed by atoms with Gasteiger partial charge in [-0.15, -0.1) is 0 Å². The van der Waals surface area contributed by atoms with Crippen LogP contribution in [0.3, 0.4) is 0 Å². The molecule has 5 heteroatoms. The summed E-state index contributed by atoms with van der Waals surface area (Å²) in [6.45, 7) is 2.64. The molecule has 1 amide bonds.